The van der Waals surface area contributed by atoms with Crippen LogP contribution in [0.2, 0.25) is 0 Å². The van der Waals surface area contributed by atoms with Gasteiger partial charge in [0.05, 0.1) is 0 Å². The van der Waals surface area contributed by atoms with Gasteiger partial charge in [-0.2, -0.15) is 0 Å². The number of ether oxygens (including phenoxy) is 1. The first-order chi connectivity index (χ1) is 6.24. The predicted molar refractivity (Wildman–Crippen MR) is 53.0 cm³/mol. The van der Waals surface area contributed by atoms with E-state index >= 15 is 0 Å². The monoisotopic (exact) mass is 178 g/mol. The van der Waals surface area contributed by atoms with E-state index < -0.39 is 0 Å². The minimum atomic E-state index is -0.235. The summed E-state index contributed by atoms with van der Waals surface area (Å²) in [6.07, 6.45) is 11.0. The van der Waals surface area contributed by atoms with Gasteiger partial charge < -0.3 is 4.74 Å². The minimum Gasteiger partial charge on any atom is -0.460 e. The zero-order chi connectivity index (χ0) is 10.1. The van der Waals surface area contributed by atoms with Crippen molar-refractivity contribution in [3.8, 4) is 12.3 Å². The average molecular weight is 178 g/mol. The molecule has 0 bridgehead atoms. The molecular weight excluding hydrogens is 164 g/mol. The first-order valence-electron chi connectivity index (χ1n) is 4.18. The number of rotatable bonds is 4. The molecule has 2 nitrogen and oxygen atoms in total. The molecule has 0 amide bonds. The van der Waals surface area contributed by atoms with Crippen LogP contribution in [0.3, 0.4) is 0 Å². The van der Waals surface area contributed by atoms with Gasteiger partial charge in [-0.25, -0.2) is 0 Å². The molecular formula is C11H14O2. The second-order valence-electron chi connectivity index (χ2n) is 2.38. The zero-order valence-electron chi connectivity index (χ0n) is 8.04. The molecule has 0 unspecified atom stereocenters. The quantitative estimate of drug-likeness (QED) is 0.374. The second kappa shape index (κ2) is 7.17. The molecule has 0 N–H and O–H groups in total. The molecule has 0 saturated heterocycles. The lowest BCUT2D eigenvalue weighted by atomic mass is 10.2. The van der Waals surface area contributed by atoms with Crippen molar-refractivity contribution in [2.45, 2.75) is 20.3 Å². The predicted octanol–water partition coefficient (Wildman–Crippen LogP) is 2.08. The highest BCUT2D eigenvalue weighted by Gasteiger charge is 1.98. The Morgan fingerprint density at radius 1 is 1.62 bits per heavy atom. The lowest BCUT2D eigenvalue weighted by molar-refractivity contribution is -0.142. The first kappa shape index (κ1) is 11.5. The van der Waals surface area contributed by atoms with Gasteiger partial charge in [0.1, 0.15) is 6.61 Å². The third kappa shape index (κ3) is 5.75. The Hall–Kier alpha value is -1.49. The zero-order valence-corrected chi connectivity index (χ0v) is 8.04. The van der Waals surface area contributed by atoms with Crippen LogP contribution in [0, 0.1) is 12.3 Å². The van der Waals surface area contributed by atoms with E-state index in [2.05, 4.69) is 5.92 Å². The molecule has 0 fully saturated rings. The molecule has 13 heavy (non-hydrogen) atoms. The fraction of sp³-hybridized carbons (Fsp3) is 0.364. The Morgan fingerprint density at radius 2 is 2.31 bits per heavy atom. The maximum absolute atomic E-state index is 10.8. The second-order valence-corrected chi connectivity index (χ2v) is 2.38. The number of allylic oxidation sites excluding steroid dienone is 3. The van der Waals surface area contributed by atoms with Gasteiger partial charge in [0.25, 0.3) is 0 Å². The van der Waals surface area contributed by atoms with E-state index in [1.807, 2.05) is 19.1 Å². The van der Waals surface area contributed by atoms with Gasteiger partial charge in [-0.3, -0.25) is 4.79 Å². The molecule has 0 aromatic rings. The van der Waals surface area contributed by atoms with Crippen molar-refractivity contribution >= 4 is 5.97 Å². The van der Waals surface area contributed by atoms with Crippen LogP contribution in [0.15, 0.2) is 23.8 Å². The van der Waals surface area contributed by atoms with Gasteiger partial charge in [-0.05, 0) is 13.0 Å². The summed E-state index contributed by atoms with van der Waals surface area (Å²) in [6, 6.07) is 0. The summed E-state index contributed by atoms with van der Waals surface area (Å²) in [7, 11) is 0. The lowest BCUT2D eigenvalue weighted by Crippen LogP contribution is -2.04. The van der Waals surface area contributed by atoms with Gasteiger partial charge in [-0.15, -0.1) is 6.42 Å². The van der Waals surface area contributed by atoms with Crippen molar-refractivity contribution in [1.82, 2.24) is 0 Å². The number of hydrogen-bond donors (Lipinski definition) is 0. The molecule has 0 heterocycles. The Labute approximate surface area is 79.3 Å². The Kier molecular flexibility index (Phi) is 6.35. The van der Waals surface area contributed by atoms with Crippen molar-refractivity contribution in [2.24, 2.45) is 0 Å². The number of carbonyl (C=O) groups excluding carboxylic acids is 1. The molecule has 0 spiro atoms. The van der Waals surface area contributed by atoms with E-state index in [0.29, 0.717) is 12.0 Å². The normalized spacial score (nSPS) is 11.3. The highest BCUT2D eigenvalue weighted by atomic mass is 16.5. The third-order valence-electron chi connectivity index (χ3n) is 1.35. The van der Waals surface area contributed by atoms with Crippen LogP contribution in [0.25, 0.3) is 0 Å². The van der Waals surface area contributed by atoms with Crippen molar-refractivity contribution in [3.63, 3.8) is 0 Å². The number of terminal acetylenes is 1. The average Bonchev–Trinajstić information content (AvgIpc) is 2.17. The summed E-state index contributed by atoms with van der Waals surface area (Å²) < 4.78 is 4.86. The fourth-order valence-electron chi connectivity index (χ4n) is 0.611. The summed E-state index contributed by atoms with van der Waals surface area (Å²) in [5, 5.41) is 0. The molecule has 0 aromatic heterocycles. The minimum absolute atomic E-state index is 0.188. The molecule has 70 valence electrons. The summed E-state index contributed by atoms with van der Waals surface area (Å²) >= 11 is 0. The van der Waals surface area contributed by atoms with Crippen molar-refractivity contribution < 1.29 is 9.53 Å². The maximum Gasteiger partial charge on any atom is 0.305 e. The lowest BCUT2D eigenvalue weighted by Gasteiger charge is -2.01. The van der Waals surface area contributed by atoms with Crippen molar-refractivity contribution in [2.75, 3.05) is 6.61 Å². The van der Waals surface area contributed by atoms with Crippen LogP contribution >= 0.6 is 0 Å². The fourth-order valence-corrected chi connectivity index (χ4v) is 0.611. The molecule has 0 atom stereocenters. The van der Waals surface area contributed by atoms with Crippen LogP contribution in [-0.4, -0.2) is 12.6 Å². The topological polar surface area (TPSA) is 26.3 Å². The van der Waals surface area contributed by atoms with Crippen LogP contribution in [0.4, 0.5) is 0 Å². The van der Waals surface area contributed by atoms with Gasteiger partial charge in [-0.1, -0.05) is 25.0 Å². The summed E-state index contributed by atoms with van der Waals surface area (Å²) in [6.45, 7) is 3.82. The highest BCUT2D eigenvalue weighted by molar-refractivity contribution is 5.69. The summed E-state index contributed by atoms with van der Waals surface area (Å²) in [5.74, 6) is 2.21. The molecule has 0 aliphatic carbocycles. The third-order valence-corrected chi connectivity index (χ3v) is 1.35. The van der Waals surface area contributed by atoms with Crippen molar-refractivity contribution in [3.05, 3.63) is 23.8 Å². The van der Waals surface area contributed by atoms with E-state index in [1.165, 1.54) is 0 Å². The van der Waals surface area contributed by atoms with Gasteiger partial charge >= 0.3 is 5.97 Å². The SMILES string of the molecule is C#C/C(=C\C=C/C)COC(=O)CC. The van der Waals surface area contributed by atoms with E-state index in [1.54, 1.807) is 13.0 Å². The molecule has 0 aromatic carbocycles. The van der Waals surface area contributed by atoms with E-state index in [-0.39, 0.29) is 12.6 Å². The first-order valence-corrected chi connectivity index (χ1v) is 4.18. The van der Waals surface area contributed by atoms with Gasteiger partial charge in [0.2, 0.25) is 0 Å². The smallest absolute Gasteiger partial charge is 0.305 e. The molecule has 2 heteroatoms. The van der Waals surface area contributed by atoms with Crippen molar-refractivity contribution in [1.29, 1.82) is 0 Å². The van der Waals surface area contributed by atoms with Gasteiger partial charge in [0.15, 0.2) is 0 Å². The molecule has 0 aliphatic rings. The number of hydrogen-bond acceptors (Lipinski definition) is 2. The van der Waals surface area contributed by atoms with Crippen LogP contribution < -0.4 is 0 Å². The number of esters is 1. The largest absolute Gasteiger partial charge is 0.460 e. The van der Waals surface area contributed by atoms with E-state index in [9.17, 15) is 4.79 Å². The summed E-state index contributed by atoms with van der Waals surface area (Å²) in [5.41, 5.74) is 0.667. The maximum atomic E-state index is 10.8. The highest BCUT2D eigenvalue weighted by Crippen LogP contribution is 1.96. The van der Waals surface area contributed by atoms with Crippen LogP contribution in [0.5, 0.6) is 0 Å². The van der Waals surface area contributed by atoms with Crippen LogP contribution in [0.1, 0.15) is 20.3 Å². The van der Waals surface area contributed by atoms with Crippen LogP contribution in [-0.2, 0) is 9.53 Å². The van der Waals surface area contributed by atoms with E-state index in [4.69, 9.17) is 11.2 Å². The molecule has 0 radical (unpaired) electrons. The number of carbonyl (C=O) groups is 1. The Bertz CT molecular complexity index is 254. The van der Waals surface area contributed by atoms with Gasteiger partial charge in [0, 0.05) is 12.0 Å². The summed E-state index contributed by atoms with van der Waals surface area (Å²) in [4.78, 5) is 10.8. The molecule has 0 aliphatic heterocycles. The molecule has 0 rings (SSSR count). The standard InChI is InChI=1S/C11H14O2/c1-4-7-8-10(5-2)9-13-11(12)6-3/h2,4,7-8H,6,9H2,1,3H3/b7-4-,10-8+. The Morgan fingerprint density at radius 3 is 2.77 bits per heavy atom. The van der Waals surface area contributed by atoms with E-state index in [0.717, 1.165) is 0 Å². The molecule has 0 saturated carbocycles. The Balaban J connectivity index is 4.02.